The number of hydrogen-bond acceptors (Lipinski definition) is 7. The molecule has 194 valence electrons. The van der Waals surface area contributed by atoms with Gasteiger partial charge in [0, 0.05) is 24.3 Å². The van der Waals surface area contributed by atoms with Crippen molar-refractivity contribution in [3.63, 3.8) is 0 Å². The summed E-state index contributed by atoms with van der Waals surface area (Å²) in [6, 6.07) is 3.21. The summed E-state index contributed by atoms with van der Waals surface area (Å²) in [6.45, 7) is 3.90. The number of nitrogens with zero attached hydrogens (tertiary/aromatic N) is 5. The van der Waals surface area contributed by atoms with Gasteiger partial charge in [0.15, 0.2) is 0 Å². The Labute approximate surface area is 209 Å². The molecule has 1 aliphatic carbocycles. The summed E-state index contributed by atoms with van der Waals surface area (Å²) in [5, 5.41) is 8.59. The number of benzene rings is 1. The van der Waals surface area contributed by atoms with Crippen LogP contribution in [-0.2, 0) is 28.5 Å². The summed E-state index contributed by atoms with van der Waals surface area (Å²) in [5.41, 5.74) is 1.72. The molecule has 0 unspecified atom stereocenters. The Balaban J connectivity index is 1.73. The third-order valence-electron chi connectivity index (χ3n) is 7.24. The van der Waals surface area contributed by atoms with Crippen molar-refractivity contribution in [1.82, 2.24) is 29.0 Å². The lowest BCUT2D eigenvalue weighted by Crippen LogP contribution is -2.38. The van der Waals surface area contributed by atoms with Crippen molar-refractivity contribution < 1.29 is 13.3 Å². The van der Waals surface area contributed by atoms with Crippen LogP contribution in [0.15, 0.2) is 39.4 Å². The summed E-state index contributed by atoms with van der Waals surface area (Å²) in [7, 11) is 1.50. The maximum Gasteiger partial charge on any atom is 0.263 e. The van der Waals surface area contributed by atoms with E-state index in [1.165, 1.54) is 17.7 Å². The number of nitrogens with one attached hydrogen (secondary N) is 2. The zero-order chi connectivity index (χ0) is 25.7. The van der Waals surface area contributed by atoms with Gasteiger partial charge in [0.2, 0.25) is 15.6 Å². The Morgan fingerprint density at radius 1 is 1.25 bits per heavy atom. The van der Waals surface area contributed by atoms with Crippen LogP contribution in [0.1, 0.15) is 49.7 Å². The van der Waals surface area contributed by atoms with E-state index in [0.717, 1.165) is 49.9 Å². The number of fused-ring (bicyclic) bond motifs is 1. The van der Waals surface area contributed by atoms with Gasteiger partial charge in [0.25, 0.3) is 5.56 Å². The largest absolute Gasteiger partial charge is 0.396 e. The normalized spacial score (nSPS) is 19.2. The molecule has 0 atom stereocenters. The van der Waals surface area contributed by atoms with Crippen molar-refractivity contribution in [3.05, 3.63) is 51.6 Å². The summed E-state index contributed by atoms with van der Waals surface area (Å²) < 4.78 is 32.7. The van der Waals surface area contributed by atoms with E-state index in [9.17, 15) is 13.2 Å². The molecule has 3 heterocycles. The quantitative estimate of drug-likeness (QED) is 0.456. The number of hydrogen-bond donors (Lipinski definition) is 2. The predicted molar refractivity (Wildman–Crippen MR) is 135 cm³/mol. The molecule has 0 bridgehead atoms. The number of aryl methyl sites for hydroxylation is 1. The first kappa shape index (κ1) is 24.7. The monoisotopic (exact) mass is 515 g/mol. The fourth-order valence-electron chi connectivity index (χ4n) is 4.88. The van der Waals surface area contributed by atoms with Gasteiger partial charge >= 0.3 is 0 Å². The van der Waals surface area contributed by atoms with Gasteiger partial charge in [-0.15, -0.1) is 0 Å². The van der Waals surface area contributed by atoms with Crippen LogP contribution in [0.3, 0.4) is 0 Å². The standard InChI is InChI=1S/C24H33N7O4S/c1-24(7-8-24)28-36(33,34)18-11-19(17-5-9-29(2)10-6-17)21-20(12-18)22(32)31(23(26-21)27-35-4)15-16-13-25-30(3)14-16/h11-14,17,28H,5-10,15H2,1-4H3,(H,26,27). The van der Waals surface area contributed by atoms with Crippen molar-refractivity contribution in [2.75, 3.05) is 27.2 Å². The molecule has 1 saturated heterocycles. The Morgan fingerprint density at radius 2 is 1.97 bits per heavy atom. The Kier molecular flexibility index (Phi) is 6.29. The third kappa shape index (κ3) is 4.84. The fraction of sp³-hybridized carbons (Fsp3) is 0.542. The highest BCUT2D eigenvalue weighted by atomic mass is 32.2. The highest BCUT2D eigenvalue weighted by molar-refractivity contribution is 7.89. The van der Waals surface area contributed by atoms with Gasteiger partial charge in [-0.25, -0.2) is 13.1 Å². The zero-order valence-electron chi connectivity index (χ0n) is 21.1. The molecule has 36 heavy (non-hydrogen) atoms. The maximum atomic E-state index is 13.9. The molecule has 2 aromatic heterocycles. The molecule has 0 spiro atoms. The Bertz CT molecular complexity index is 1520. The molecular formula is C24H33N7O4S. The van der Waals surface area contributed by atoms with E-state index < -0.39 is 15.6 Å². The van der Waals surface area contributed by atoms with Gasteiger partial charge in [0.1, 0.15) is 7.11 Å². The lowest BCUT2D eigenvalue weighted by Gasteiger charge is -2.30. The molecule has 2 N–H and O–H groups in total. The van der Waals surface area contributed by atoms with E-state index in [0.29, 0.717) is 10.9 Å². The van der Waals surface area contributed by atoms with Crippen molar-refractivity contribution >= 4 is 20.9 Å². The lowest BCUT2D eigenvalue weighted by atomic mass is 9.88. The second-order valence-electron chi connectivity index (χ2n) is 10.3. The molecule has 5 rings (SSSR count). The molecule has 1 aromatic carbocycles. The van der Waals surface area contributed by atoms with Crippen LogP contribution in [-0.4, -0.2) is 65.4 Å². The minimum Gasteiger partial charge on any atom is -0.396 e. The van der Waals surface area contributed by atoms with Crippen LogP contribution in [0.5, 0.6) is 0 Å². The van der Waals surface area contributed by atoms with Crippen LogP contribution in [0.4, 0.5) is 0 Å². The Hall–Kier alpha value is -2.96. The molecule has 2 fully saturated rings. The minimum atomic E-state index is -3.81. The number of piperidine rings is 1. The summed E-state index contributed by atoms with van der Waals surface area (Å²) in [5.74, 6) is 0.107. The average molecular weight is 516 g/mol. The summed E-state index contributed by atoms with van der Waals surface area (Å²) >= 11 is 0. The van der Waals surface area contributed by atoms with Gasteiger partial charge in [-0.3, -0.25) is 14.0 Å². The van der Waals surface area contributed by atoms with E-state index in [4.69, 9.17) is 4.84 Å². The maximum absolute atomic E-state index is 13.9. The van der Waals surface area contributed by atoms with Crippen LogP contribution in [0.2, 0.25) is 0 Å². The molecule has 11 nitrogen and oxygen atoms in total. The third-order valence-corrected chi connectivity index (χ3v) is 8.85. The SMILES string of the molecule is CO/N=c1\[nH]c2c(C3CCN(C)CC3)cc(S(=O)(=O)NC3(C)CC3)cc2c(=O)n1Cc1cnn(C)c1. The molecule has 2 aliphatic rings. The predicted octanol–water partition coefficient (Wildman–Crippen LogP) is 1.21. The average Bonchev–Trinajstić information content (AvgIpc) is 3.40. The highest BCUT2D eigenvalue weighted by Gasteiger charge is 2.41. The van der Waals surface area contributed by atoms with E-state index in [1.54, 1.807) is 24.0 Å². The fourth-order valence-corrected chi connectivity index (χ4v) is 6.40. The lowest BCUT2D eigenvalue weighted by molar-refractivity contribution is 0.192. The van der Waals surface area contributed by atoms with Crippen molar-refractivity contribution in [3.8, 4) is 0 Å². The van der Waals surface area contributed by atoms with Gasteiger partial charge in [-0.1, -0.05) is 0 Å². The molecular weight excluding hydrogens is 482 g/mol. The van der Waals surface area contributed by atoms with Gasteiger partial charge in [0.05, 0.1) is 28.5 Å². The van der Waals surface area contributed by atoms with Gasteiger partial charge < -0.3 is 14.7 Å². The van der Waals surface area contributed by atoms with Crippen molar-refractivity contribution in [2.45, 2.75) is 55.5 Å². The molecule has 1 saturated carbocycles. The number of aromatic nitrogens is 4. The molecule has 0 radical (unpaired) electrons. The number of rotatable bonds is 7. The highest BCUT2D eigenvalue weighted by Crippen LogP contribution is 2.37. The smallest absolute Gasteiger partial charge is 0.263 e. The van der Waals surface area contributed by atoms with E-state index in [2.05, 4.69) is 31.9 Å². The zero-order valence-corrected chi connectivity index (χ0v) is 21.9. The molecule has 3 aromatic rings. The van der Waals surface area contributed by atoms with E-state index in [-0.39, 0.29) is 28.5 Å². The van der Waals surface area contributed by atoms with Gasteiger partial charge in [-0.05, 0) is 81.5 Å². The molecule has 0 amide bonds. The topological polar surface area (TPSA) is 127 Å². The second kappa shape index (κ2) is 9.16. The molecule has 1 aliphatic heterocycles. The van der Waals surface area contributed by atoms with Crippen LogP contribution >= 0.6 is 0 Å². The number of aromatic amines is 1. The van der Waals surface area contributed by atoms with Crippen LogP contribution in [0, 0.1) is 0 Å². The Morgan fingerprint density at radius 3 is 2.58 bits per heavy atom. The second-order valence-corrected chi connectivity index (χ2v) is 12.0. The van der Waals surface area contributed by atoms with E-state index >= 15 is 0 Å². The van der Waals surface area contributed by atoms with Crippen molar-refractivity contribution in [1.29, 1.82) is 0 Å². The van der Waals surface area contributed by atoms with Crippen molar-refractivity contribution in [2.24, 2.45) is 12.2 Å². The van der Waals surface area contributed by atoms with Crippen LogP contribution in [0.25, 0.3) is 10.9 Å². The minimum absolute atomic E-state index is 0.107. The first-order chi connectivity index (χ1) is 17.1. The first-order valence-corrected chi connectivity index (χ1v) is 13.6. The summed E-state index contributed by atoms with van der Waals surface area (Å²) in [6.07, 6.45) is 6.83. The number of sulfonamides is 1. The number of H-pyrrole nitrogens is 1. The van der Waals surface area contributed by atoms with Crippen LogP contribution < -0.4 is 15.9 Å². The number of likely N-dealkylation sites (tertiary alicyclic amines) is 1. The first-order valence-electron chi connectivity index (χ1n) is 12.2. The van der Waals surface area contributed by atoms with E-state index in [1.807, 2.05) is 13.1 Å². The molecule has 12 heteroatoms. The van der Waals surface area contributed by atoms with Gasteiger partial charge in [-0.2, -0.15) is 5.10 Å². The summed E-state index contributed by atoms with van der Waals surface area (Å²) in [4.78, 5) is 24.6.